The Hall–Kier alpha value is -3.43. The van der Waals surface area contributed by atoms with Gasteiger partial charge in [0.1, 0.15) is 0 Å². The van der Waals surface area contributed by atoms with Crippen LogP contribution in [0.1, 0.15) is 80.6 Å². The average Bonchev–Trinajstić information content (AvgIpc) is 3.76. The standard InChI is InChI=1S/C34H47N5O4/c1-23(33(42)37-27-11-6-3-7-12-27)35-22-31(40)30(17-24-9-4-2-5-10-24)38-34(43)26-18-28(36-21-25-14-15-25)20-29(19-26)39-16-8-13-32(39)41/h2,4-5,9-10,18-20,23,25,27,30-31,35-36,40H,3,6-8,11-17,21-22H2,1H3,(H,37,42)(H,38,43)/t23-,30-,31-/m0/s1. The van der Waals surface area contributed by atoms with E-state index < -0.39 is 18.2 Å². The molecule has 0 spiro atoms. The van der Waals surface area contributed by atoms with E-state index in [9.17, 15) is 19.5 Å². The molecule has 1 aliphatic heterocycles. The van der Waals surface area contributed by atoms with Crippen LogP contribution in [0.2, 0.25) is 0 Å². The Morgan fingerprint density at radius 2 is 1.77 bits per heavy atom. The van der Waals surface area contributed by atoms with Crippen LogP contribution in [0.15, 0.2) is 48.5 Å². The molecule has 2 aromatic rings. The van der Waals surface area contributed by atoms with Crippen LogP contribution in [0.25, 0.3) is 0 Å². The highest BCUT2D eigenvalue weighted by molar-refractivity contribution is 6.00. The first-order chi connectivity index (χ1) is 20.9. The van der Waals surface area contributed by atoms with Crippen molar-refractivity contribution in [3.05, 3.63) is 59.7 Å². The molecule has 0 radical (unpaired) electrons. The van der Waals surface area contributed by atoms with Gasteiger partial charge in [-0.2, -0.15) is 0 Å². The number of aliphatic hydroxyl groups excluding tert-OH is 1. The number of aliphatic hydroxyl groups is 1. The minimum atomic E-state index is -0.940. The van der Waals surface area contributed by atoms with Crippen molar-refractivity contribution in [2.45, 2.75) is 95.4 Å². The van der Waals surface area contributed by atoms with Crippen molar-refractivity contribution in [2.24, 2.45) is 5.92 Å². The maximum absolute atomic E-state index is 13.7. The van der Waals surface area contributed by atoms with Gasteiger partial charge >= 0.3 is 0 Å². The molecule has 3 fully saturated rings. The number of carbonyl (C=O) groups excluding carboxylic acids is 3. The molecule has 3 atom stereocenters. The van der Waals surface area contributed by atoms with E-state index in [2.05, 4.69) is 21.3 Å². The Balaban J connectivity index is 1.27. The summed E-state index contributed by atoms with van der Waals surface area (Å²) in [7, 11) is 0. The fourth-order valence-corrected chi connectivity index (χ4v) is 6.01. The van der Waals surface area contributed by atoms with Gasteiger partial charge in [0.05, 0.1) is 18.2 Å². The normalized spacial score (nSPS) is 19.5. The second-order valence-electron chi connectivity index (χ2n) is 12.6. The minimum Gasteiger partial charge on any atom is -0.390 e. The Kier molecular flexibility index (Phi) is 10.7. The van der Waals surface area contributed by atoms with Gasteiger partial charge in [-0.15, -0.1) is 0 Å². The lowest BCUT2D eigenvalue weighted by Crippen LogP contribution is -2.53. The second kappa shape index (κ2) is 14.8. The summed E-state index contributed by atoms with van der Waals surface area (Å²) in [6.07, 6.45) is 8.74. The molecule has 0 aromatic heterocycles. The van der Waals surface area contributed by atoms with Crippen molar-refractivity contribution in [1.29, 1.82) is 0 Å². The van der Waals surface area contributed by atoms with Crippen molar-refractivity contribution < 1.29 is 19.5 Å². The number of hydrogen-bond donors (Lipinski definition) is 5. The van der Waals surface area contributed by atoms with E-state index in [1.807, 2.05) is 42.5 Å². The summed E-state index contributed by atoms with van der Waals surface area (Å²) in [5, 5.41) is 24.2. The molecule has 3 aliphatic rings. The summed E-state index contributed by atoms with van der Waals surface area (Å²) in [4.78, 5) is 40.8. The first-order valence-corrected chi connectivity index (χ1v) is 16.1. The maximum Gasteiger partial charge on any atom is 0.251 e. The largest absolute Gasteiger partial charge is 0.390 e. The number of hydrogen-bond acceptors (Lipinski definition) is 6. The van der Waals surface area contributed by atoms with Crippen LogP contribution in [0.5, 0.6) is 0 Å². The van der Waals surface area contributed by atoms with Crippen LogP contribution in [-0.4, -0.2) is 66.7 Å². The van der Waals surface area contributed by atoms with Gasteiger partial charge in [-0.05, 0) is 75.1 Å². The lowest BCUT2D eigenvalue weighted by atomic mass is 9.95. The summed E-state index contributed by atoms with van der Waals surface area (Å²) in [6.45, 7) is 3.43. The number of nitrogens with zero attached hydrogens (tertiary/aromatic N) is 1. The Morgan fingerprint density at radius 3 is 2.47 bits per heavy atom. The monoisotopic (exact) mass is 589 g/mol. The van der Waals surface area contributed by atoms with Crippen LogP contribution in [0.4, 0.5) is 11.4 Å². The number of amides is 3. The molecule has 5 rings (SSSR count). The van der Waals surface area contributed by atoms with Gasteiger partial charge in [-0.3, -0.25) is 14.4 Å². The van der Waals surface area contributed by atoms with Gasteiger partial charge in [0.2, 0.25) is 11.8 Å². The van der Waals surface area contributed by atoms with Gasteiger partial charge in [0.25, 0.3) is 5.91 Å². The van der Waals surface area contributed by atoms with Crippen LogP contribution >= 0.6 is 0 Å². The molecule has 9 heteroatoms. The van der Waals surface area contributed by atoms with E-state index in [-0.39, 0.29) is 30.3 Å². The summed E-state index contributed by atoms with van der Waals surface area (Å²) >= 11 is 0. The van der Waals surface area contributed by atoms with Crippen LogP contribution in [0.3, 0.4) is 0 Å². The molecule has 9 nitrogen and oxygen atoms in total. The fraction of sp³-hybridized carbons (Fsp3) is 0.559. The van der Waals surface area contributed by atoms with Gasteiger partial charge in [0.15, 0.2) is 0 Å². The van der Waals surface area contributed by atoms with Crippen LogP contribution < -0.4 is 26.2 Å². The van der Waals surface area contributed by atoms with E-state index in [1.165, 1.54) is 19.3 Å². The number of carbonyl (C=O) groups is 3. The lowest BCUT2D eigenvalue weighted by Gasteiger charge is -2.28. The molecule has 2 saturated carbocycles. The zero-order chi connectivity index (χ0) is 30.2. The van der Waals surface area contributed by atoms with E-state index in [1.54, 1.807) is 17.9 Å². The quantitative estimate of drug-likeness (QED) is 0.229. The Labute approximate surface area is 255 Å². The molecular weight excluding hydrogens is 542 g/mol. The molecule has 232 valence electrons. The molecule has 3 amide bonds. The minimum absolute atomic E-state index is 0.0656. The van der Waals surface area contributed by atoms with Gasteiger partial charge in [-0.1, -0.05) is 49.6 Å². The summed E-state index contributed by atoms with van der Waals surface area (Å²) in [5.74, 6) is 0.337. The molecule has 2 aromatic carbocycles. The van der Waals surface area contributed by atoms with Crippen LogP contribution in [0, 0.1) is 5.92 Å². The number of benzene rings is 2. The molecule has 2 aliphatic carbocycles. The van der Waals surface area contributed by atoms with Crippen molar-refractivity contribution in [2.75, 3.05) is 29.9 Å². The lowest BCUT2D eigenvalue weighted by molar-refractivity contribution is -0.123. The molecule has 1 saturated heterocycles. The number of anilines is 2. The molecule has 0 bridgehead atoms. The zero-order valence-electron chi connectivity index (χ0n) is 25.3. The van der Waals surface area contributed by atoms with Gasteiger partial charge < -0.3 is 31.3 Å². The number of rotatable bonds is 14. The maximum atomic E-state index is 13.7. The molecule has 5 N–H and O–H groups in total. The fourth-order valence-electron chi connectivity index (χ4n) is 6.01. The second-order valence-corrected chi connectivity index (χ2v) is 12.6. The van der Waals surface area contributed by atoms with Crippen molar-refractivity contribution in [3.63, 3.8) is 0 Å². The summed E-state index contributed by atoms with van der Waals surface area (Å²) < 4.78 is 0. The summed E-state index contributed by atoms with van der Waals surface area (Å²) in [5.41, 5.74) is 2.95. The third kappa shape index (κ3) is 9.03. The van der Waals surface area contributed by atoms with Gasteiger partial charge in [-0.25, -0.2) is 0 Å². The number of nitrogens with one attached hydrogen (secondary N) is 4. The molecule has 43 heavy (non-hydrogen) atoms. The molecule has 1 heterocycles. The van der Waals surface area contributed by atoms with E-state index in [0.29, 0.717) is 36.6 Å². The van der Waals surface area contributed by atoms with Gasteiger partial charge in [0, 0.05) is 49.0 Å². The third-order valence-corrected chi connectivity index (χ3v) is 8.91. The zero-order valence-corrected chi connectivity index (χ0v) is 25.3. The SMILES string of the molecule is C[C@H](NC[C@H](O)[C@H](Cc1ccccc1)NC(=O)c1cc(NCC2CC2)cc(N2CCCC2=O)c1)C(=O)NC1CCCCC1. The first kappa shape index (κ1) is 31.0. The highest BCUT2D eigenvalue weighted by Gasteiger charge is 2.28. The highest BCUT2D eigenvalue weighted by Crippen LogP contribution is 2.31. The smallest absolute Gasteiger partial charge is 0.251 e. The van der Waals surface area contributed by atoms with Crippen molar-refractivity contribution in [3.8, 4) is 0 Å². The summed E-state index contributed by atoms with van der Waals surface area (Å²) in [6, 6.07) is 14.4. The first-order valence-electron chi connectivity index (χ1n) is 16.1. The van der Waals surface area contributed by atoms with E-state index in [0.717, 1.165) is 49.9 Å². The third-order valence-electron chi connectivity index (χ3n) is 8.91. The topological polar surface area (TPSA) is 123 Å². The van der Waals surface area contributed by atoms with Crippen LogP contribution in [-0.2, 0) is 16.0 Å². The average molecular weight is 590 g/mol. The predicted octanol–water partition coefficient (Wildman–Crippen LogP) is 3.76. The van der Waals surface area contributed by atoms with Crippen molar-refractivity contribution in [1.82, 2.24) is 16.0 Å². The van der Waals surface area contributed by atoms with E-state index in [4.69, 9.17) is 0 Å². The predicted molar refractivity (Wildman–Crippen MR) is 169 cm³/mol. The van der Waals surface area contributed by atoms with E-state index >= 15 is 0 Å². The molecular formula is C34H47N5O4. The highest BCUT2D eigenvalue weighted by atomic mass is 16.3. The molecule has 0 unspecified atom stereocenters. The Bertz CT molecular complexity index is 1240. The Morgan fingerprint density at radius 1 is 1.00 bits per heavy atom. The van der Waals surface area contributed by atoms with Crippen molar-refractivity contribution >= 4 is 29.1 Å².